The number of benzene rings is 1. The minimum atomic E-state index is -4.02. The fourth-order valence-electron chi connectivity index (χ4n) is 2.67. The Kier molecular flexibility index (Phi) is 4.91. The van der Waals surface area contributed by atoms with Gasteiger partial charge in [0.1, 0.15) is 16.5 Å². The Balaban J connectivity index is 2.21. The molecule has 112 valence electrons. The highest BCUT2D eigenvalue weighted by atomic mass is 35.7. The Bertz CT molecular complexity index is 574. The van der Waals surface area contributed by atoms with E-state index in [1.54, 1.807) is 0 Å². The van der Waals surface area contributed by atoms with E-state index in [2.05, 4.69) is 6.92 Å². The van der Waals surface area contributed by atoms with E-state index in [1.807, 2.05) is 0 Å². The van der Waals surface area contributed by atoms with Crippen molar-refractivity contribution in [2.75, 3.05) is 0 Å². The predicted octanol–water partition coefficient (Wildman–Crippen LogP) is 4.10. The van der Waals surface area contributed by atoms with Crippen molar-refractivity contribution < 1.29 is 17.5 Å². The van der Waals surface area contributed by atoms with Gasteiger partial charge in [0.15, 0.2) is 0 Å². The Hall–Kier alpha value is -0.810. The van der Waals surface area contributed by atoms with E-state index in [1.165, 1.54) is 18.6 Å². The van der Waals surface area contributed by atoms with Crippen LogP contribution in [0.4, 0.5) is 4.39 Å². The van der Waals surface area contributed by atoms with Crippen molar-refractivity contribution in [3.63, 3.8) is 0 Å². The summed E-state index contributed by atoms with van der Waals surface area (Å²) < 4.78 is 41.9. The van der Waals surface area contributed by atoms with Gasteiger partial charge in [0, 0.05) is 10.7 Å². The molecule has 1 aliphatic rings. The molecule has 0 N–H and O–H groups in total. The Morgan fingerprint density at radius 1 is 1.40 bits per heavy atom. The fraction of sp³-hybridized carbons (Fsp3) is 0.571. The third-order valence-electron chi connectivity index (χ3n) is 3.77. The highest BCUT2D eigenvalue weighted by molar-refractivity contribution is 8.13. The molecule has 0 amide bonds. The Morgan fingerprint density at radius 3 is 2.80 bits per heavy atom. The van der Waals surface area contributed by atoms with Gasteiger partial charge in [-0.25, -0.2) is 12.8 Å². The van der Waals surface area contributed by atoms with Gasteiger partial charge < -0.3 is 4.74 Å². The summed E-state index contributed by atoms with van der Waals surface area (Å²) in [6.07, 6.45) is 5.08. The third-order valence-corrected chi connectivity index (χ3v) is 5.12. The van der Waals surface area contributed by atoms with Crippen LogP contribution in [0.15, 0.2) is 23.1 Å². The molecule has 0 bridgehead atoms. The molecule has 0 radical (unpaired) electrons. The number of ether oxygens (including phenoxy) is 1. The van der Waals surface area contributed by atoms with Gasteiger partial charge in [0.25, 0.3) is 9.05 Å². The van der Waals surface area contributed by atoms with Gasteiger partial charge in [-0.15, -0.1) is 0 Å². The smallest absolute Gasteiger partial charge is 0.265 e. The Labute approximate surface area is 123 Å². The SMILES string of the molecule is CCC1CCCC(Oc2ccc(F)cc2S(=O)(=O)Cl)C1. The topological polar surface area (TPSA) is 43.4 Å². The molecule has 3 nitrogen and oxygen atoms in total. The third kappa shape index (κ3) is 3.85. The first-order valence-corrected chi connectivity index (χ1v) is 9.12. The lowest BCUT2D eigenvalue weighted by Gasteiger charge is -2.29. The van der Waals surface area contributed by atoms with E-state index < -0.39 is 14.9 Å². The molecule has 1 fully saturated rings. The molecule has 0 aromatic heterocycles. The Morgan fingerprint density at radius 2 is 2.15 bits per heavy atom. The van der Waals surface area contributed by atoms with Crippen molar-refractivity contribution in [3.05, 3.63) is 24.0 Å². The van der Waals surface area contributed by atoms with Crippen molar-refractivity contribution in [3.8, 4) is 5.75 Å². The molecule has 6 heteroatoms. The van der Waals surface area contributed by atoms with E-state index in [0.717, 1.165) is 31.7 Å². The summed E-state index contributed by atoms with van der Waals surface area (Å²) in [6.45, 7) is 2.14. The van der Waals surface area contributed by atoms with Crippen LogP contribution >= 0.6 is 10.7 Å². The van der Waals surface area contributed by atoms with Gasteiger partial charge in [0.05, 0.1) is 6.10 Å². The number of hydrogen-bond acceptors (Lipinski definition) is 3. The molecule has 1 aliphatic carbocycles. The molecule has 1 aromatic carbocycles. The quantitative estimate of drug-likeness (QED) is 0.784. The first-order valence-electron chi connectivity index (χ1n) is 6.81. The van der Waals surface area contributed by atoms with Crippen LogP contribution in [0, 0.1) is 11.7 Å². The van der Waals surface area contributed by atoms with Crippen molar-refractivity contribution in [1.82, 2.24) is 0 Å². The zero-order valence-corrected chi connectivity index (χ0v) is 12.9. The molecule has 20 heavy (non-hydrogen) atoms. The summed E-state index contributed by atoms with van der Waals surface area (Å²) >= 11 is 0. The molecular formula is C14H18ClFO3S. The monoisotopic (exact) mass is 320 g/mol. The van der Waals surface area contributed by atoms with Crippen LogP contribution in [0.2, 0.25) is 0 Å². The summed E-state index contributed by atoms with van der Waals surface area (Å²) in [6, 6.07) is 3.42. The van der Waals surface area contributed by atoms with Crippen LogP contribution in [0.5, 0.6) is 5.75 Å². The summed E-state index contributed by atoms with van der Waals surface area (Å²) in [7, 11) is 1.32. The first-order chi connectivity index (χ1) is 9.40. The maximum absolute atomic E-state index is 13.2. The lowest BCUT2D eigenvalue weighted by atomic mass is 9.85. The predicted molar refractivity (Wildman–Crippen MR) is 76.1 cm³/mol. The van der Waals surface area contributed by atoms with Gasteiger partial charge >= 0.3 is 0 Å². The minimum Gasteiger partial charge on any atom is -0.489 e. The van der Waals surface area contributed by atoms with Gasteiger partial charge in [-0.1, -0.05) is 19.8 Å². The maximum atomic E-state index is 13.2. The van der Waals surface area contributed by atoms with Crippen LogP contribution < -0.4 is 4.74 Å². The number of rotatable bonds is 4. The second kappa shape index (κ2) is 6.31. The van der Waals surface area contributed by atoms with Crippen molar-refractivity contribution >= 4 is 19.7 Å². The molecular weight excluding hydrogens is 303 g/mol. The van der Waals surface area contributed by atoms with E-state index in [-0.39, 0.29) is 16.7 Å². The molecule has 0 aliphatic heterocycles. The van der Waals surface area contributed by atoms with Gasteiger partial charge in [-0.05, 0) is 43.4 Å². The zero-order valence-electron chi connectivity index (χ0n) is 11.3. The molecule has 1 saturated carbocycles. The zero-order chi connectivity index (χ0) is 14.8. The standard InChI is InChI=1S/C14H18ClFO3S/c1-2-10-4-3-5-12(8-10)19-13-7-6-11(16)9-14(13)20(15,17)18/h6-7,9-10,12H,2-5,8H2,1H3. The van der Waals surface area contributed by atoms with Crippen LogP contribution in [0.25, 0.3) is 0 Å². The maximum Gasteiger partial charge on any atom is 0.265 e. The number of halogens is 2. The van der Waals surface area contributed by atoms with Crippen LogP contribution in [0.3, 0.4) is 0 Å². The summed E-state index contributed by atoms with van der Waals surface area (Å²) in [5.41, 5.74) is 0. The highest BCUT2D eigenvalue weighted by Gasteiger charge is 2.25. The van der Waals surface area contributed by atoms with E-state index >= 15 is 0 Å². The summed E-state index contributed by atoms with van der Waals surface area (Å²) in [5, 5.41) is 0. The van der Waals surface area contributed by atoms with Crippen molar-refractivity contribution in [1.29, 1.82) is 0 Å². The van der Waals surface area contributed by atoms with Gasteiger partial charge in [-0.2, -0.15) is 0 Å². The number of hydrogen-bond donors (Lipinski definition) is 0. The lowest BCUT2D eigenvalue weighted by Crippen LogP contribution is -2.25. The summed E-state index contributed by atoms with van der Waals surface area (Å²) in [5.74, 6) is 0.0973. The average molecular weight is 321 g/mol. The molecule has 2 rings (SSSR count). The lowest BCUT2D eigenvalue weighted by molar-refractivity contribution is 0.119. The van der Waals surface area contributed by atoms with Crippen molar-refractivity contribution in [2.24, 2.45) is 5.92 Å². The molecule has 0 spiro atoms. The molecule has 2 atom stereocenters. The van der Waals surface area contributed by atoms with Crippen molar-refractivity contribution in [2.45, 2.75) is 50.0 Å². The van der Waals surface area contributed by atoms with Gasteiger partial charge in [-0.3, -0.25) is 0 Å². The van der Waals surface area contributed by atoms with Crippen LogP contribution in [0.1, 0.15) is 39.0 Å². The first kappa shape index (κ1) is 15.6. The minimum absolute atomic E-state index is 0.0312. The molecule has 0 saturated heterocycles. The summed E-state index contributed by atoms with van der Waals surface area (Å²) in [4.78, 5) is -0.294. The normalized spacial score (nSPS) is 23.6. The van der Waals surface area contributed by atoms with E-state index in [4.69, 9.17) is 15.4 Å². The molecule has 2 unspecified atom stereocenters. The van der Waals surface area contributed by atoms with Gasteiger partial charge in [0.2, 0.25) is 0 Å². The molecule has 1 aromatic rings. The van der Waals surface area contributed by atoms with E-state index in [9.17, 15) is 12.8 Å². The molecule has 0 heterocycles. The largest absolute Gasteiger partial charge is 0.489 e. The van der Waals surface area contributed by atoms with Crippen LogP contribution in [-0.2, 0) is 9.05 Å². The fourth-order valence-corrected chi connectivity index (χ4v) is 3.64. The second-order valence-corrected chi connectivity index (χ2v) is 7.74. The van der Waals surface area contributed by atoms with E-state index in [0.29, 0.717) is 5.92 Å². The van der Waals surface area contributed by atoms with Crippen LogP contribution in [-0.4, -0.2) is 14.5 Å². The average Bonchev–Trinajstić information content (AvgIpc) is 2.40. The highest BCUT2D eigenvalue weighted by Crippen LogP contribution is 2.33. The second-order valence-electron chi connectivity index (χ2n) is 5.21.